The summed E-state index contributed by atoms with van der Waals surface area (Å²) in [6.07, 6.45) is 0.425. The molecule has 0 spiro atoms. The van der Waals surface area contributed by atoms with E-state index in [4.69, 9.17) is 0 Å². The van der Waals surface area contributed by atoms with Crippen molar-refractivity contribution in [3.63, 3.8) is 0 Å². The molecule has 1 aromatic rings. The van der Waals surface area contributed by atoms with Crippen LogP contribution >= 0.6 is 7.14 Å². The average molecular weight is 200 g/mol. The van der Waals surface area contributed by atoms with Gasteiger partial charge in [-0.3, -0.25) is 4.79 Å². The highest BCUT2D eigenvalue weighted by molar-refractivity contribution is 7.70. The van der Waals surface area contributed by atoms with Crippen molar-refractivity contribution in [2.24, 2.45) is 0 Å². The molecule has 70 valence electrons. The van der Waals surface area contributed by atoms with Crippen molar-refractivity contribution < 1.29 is 13.8 Å². The summed E-state index contributed by atoms with van der Waals surface area (Å²) in [6.45, 7) is 2.94. The molecule has 0 unspecified atom stereocenters. The smallest absolute Gasteiger partial charge is 0.153 e. The highest BCUT2D eigenvalue weighted by atomic mass is 31.2. The number of hydrogen-bond donors (Lipinski definition) is 0. The lowest BCUT2D eigenvalue weighted by Crippen LogP contribution is -2.10. The summed E-state index contributed by atoms with van der Waals surface area (Å²) in [6, 6.07) is 4.34. The fourth-order valence-electron chi connectivity index (χ4n) is 1.04. The molecule has 0 heterocycles. The summed E-state index contributed by atoms with van der Waals surface area (Å²) in [7, 11) is -2.63. The molecule has 0 saturated carbocycles. The fraction of sp³-hybridized carbons (Fsp3) is 0.222. The van der Waals surface area contributed by atoms with Crippen molar-refractivity contribution in [2.45, 2.75) is 0 Å². The lowest BCUT2D eigenvalue weighted by Gasteiger charge is -2.08. The number of hydrogen-bond acceptors (Lipinski definition) is 2. The predicted octanol–water partition coefficient (Wildman–Crippen LogP) is 1.89. The molecule has 0 aliphatic heterocycles. The van der Waals surface area contributed by atoms with E-state index >= 15 is 0 Å². The molecule has 0 N–H and O–H groups in total. The Labute approximate surface area is 76.1 Å². The SMILES string of the molecule is CP(C)(=O)c1cccc(C=O)c1F. The lowest BCUT2D eigenvalue weighted by molar-refractivity contribution is 0.112. The van der Waals surface area contributed by atoms with E-state index in [1.54, 1.807) is 0 Å². The van der Waals surface area contributed by atoms with Crippen LogP contribution in [0.3, 0.4) is 0 Å². The largest absolute Gasteiger partial charge is 0.319 e. The van der Waals surface area contributed by atoms with Gasteiger partial charge in [-0.15, -0.1) is 0 Å². The zero-order chi connectivity index (χ0) is 10.1. The van der Waals surface area contributed by atoms with Gasteiger partial charge in [0.25, 0.3) is 0 Å². The van der Waals surface area contributed by atoms with Gasteiger partial charge in [0, 0.05) is 5.30 Å². The normalized spacial score (nSPS) is 11.3. The first-order valence-corrected chi connectivity index (χ1v) is 6.36. The van der Waals surface area contributed by atoms with Crippen molar-refractivity contribution in [1.82, 2.24) is 0 Å². The van der Waals surface area contributed by atoms with Crippen LogP contribution in [0, 0.1) is 5.82 Å². The molecule has 0 aliphatic rings. The van der Waals surface area contributed by atoms with Crippen LogP contribution in [0.5, 0.6) is 0 Å². The number of aldehydes is 1. The first-order chi connectivity index (χ1) is 5.96. The molecule has 0 aliphatic carbocycles. The summed E-state index contributed by atoms with van der Waals surface area (Å²) in [5.74, 6) is -0.661. The van der Waals surface area contributed by atoms with Crippen molar-refractivity contribution in [3.8, 4) is 0 Å². The summed E-state index contributed by atoms with van der Waals surface area (Å²) in [5, 5.41) is 0.136. The van der Waals surface area contributed by atoms with Gasteiger partial charge in [0.2, 0.25) is 0 Å². The van der Waals surface area contributed by atoms with Crippen LogP contribution in [0.2, 0.25) is 0 Å². The second-order valence-corrected chi connectivity index (χ2v) is 6.33. The first-order valence-electron chi connectivity index (χ1n) is 3.76. The maximum Gasteiger partial charge on any atom is 0.153 e. The molecular weight excluding hydrogens is 190 g/mol. The summed E-state index contributed by atoms with van der Waals surface area (Å²) in [5.41, 5.74) is -0.0403. The molecule has 2 nitrogen and oxygen atoms in total. The molecule has 0 aromatic heterocycles. The van der Waals surface area contributed by atoms with E-state index < -0.39 is 13.0 Å². The highest BCUT2D eigenvalue weighted by Crippen LogP contribution is 2.35. The minimum atomic E-state index is -2.63. The van der Waals surface area contributed by atoms with E-state index in [1.807, 2.05) is 0 Å². The number of carbonyl (C=O) groups excluding carboxylic acids is 1. The molecule has 1 rings (SSSR count). The molecule has 0 atom stereocenters. The second kappa shape index (κ2) is 3.43. The third-order valence-corrected chi connectivity index (χ3v) is 3.22. The first kappa shape index (κ1) is 10.1. The minimum absolute atomic E-state index is 0.0403. The van der Waals surface area contributed by atoms with E-state index in [2.05, 4.69) is 0 Å². The van der Waals surface area contributed by atoms with Crippen LogP contribution in [0.25, 0.3) is 0 Å². The molecule has 0 amide bonds. The van der Waals surface area contributed by atoms with Gasteiger partial charge in [0.05, 0.1) is 5.56 Å². The zero-order valence-corrected chi connectivity index (χ0v) is 8.35. The Kier molecular flexibility index (Phi) is 2.67. The zero-order valence-electron chi connectivity index (χ0n) is 7.45. The molecule has 0 fully saturated rings. The van der Waals surface area contributed by atoms with Crippen molar-refractivity contribution in [3.05, 3.63) is 29.6 Å². The van der Waals surface area contributed by atoms with Gasteiger partial charge < -0.3 is 4.57 Å². The number of halogens is 1. The van der Waals surface area contributed by atoms with Crippen molar-refractivity contribution >= 4 is 18.7 Å². The molecule has 4 heteroatoms. The Hall–Kier alpha value is -0.950. The summed E-state index contributed by atoms with van der Waals surface area (Å²) in [4.78, 5) is 10.4. The molecule has 0 bridgehead atoms. The van der Waals surface area contributed by atoms with Crippen LogP contribution in [0.15, 0.2) is 18.2 Å². The van der Waals surface area contributed by atoms with Gasteiger partial charge in [-0.1, -0.05) is 6.07 Å². The Morgan fingerprint density at radius 3 is 2.46 bits per heavy atom. The quantitative estimate of drug-likeness (QED) is 0.539. The third kappa shape index (κ3) is 2.04. The van der Waals surface area contributed by atoms with E-state index in [0.717, 1.165) is 0 Å². The Morgan fingerprint density at radius 1 is 1.38 bits per heavy atom. The van der Waals surface area contributed by atoms with E-state index in [1.165, 1.54) is 31.5 Å². The van der Waals surface area contributed by atoms with Gasteiger partial charge in [0.15, 0.2) is 6.29 Å². The molecule has 0 radical (unpaired) electrons. The predicted molar refractivity (Wildman–Crippen MR) is 50.9 cm³/mol. The van der Waals surface area contributed by atoms with Crippen LogP contribution in [-0.2, 0) is 4.57 Å². The number of rotatable bonds is 2. The van der Waals surface area contributed by atoms with Crippen LogP contribution < -0.4 is 5.30 Å². The Morgan fingerprint density at radius 2 is 2.00 bits per heavy atom. The summed E-state index contributed by atoms with van der Waals surface area (Å²) >= 11 is 0. The maximum absolute atomic E-state index is 13.4. The van der Waals surface area contributed by atoms with E-state index in [0.29, 0.717) is 6.29 Å². The van der Waals surface area contributed by atoms with Crippen molar-refractivity contribution in [2.75, 3.05) is 13.3 Å². The number of benzene rings is 1. The van der Waals surface area contributed by atoms with Gasteiger partial charge >= 0.3 is 0 Å². The van der Waals surface area contributed by atoms with Gasteiger partial charge in [0.1, 0.15) is 13.0 Å². The monoisotopic (exact) mass is 200 g/mol. The van der Waals surface area contributed by atoms with Gasteiger partial charge in [-0.2, -0.15) is 0 Å². The average Bonchev–Trinajstić information content (AvgIpc) is 2.02. The van der Waals surface area contributed by atoms with Gasteiger partial charge in [-0.25, -0.2) is 4.39 Å². The van der Waals surface area contributed by atoms with Crippen LogP contribution in [0.4, 0.5) is 4.39 Å². The Balaban J connectivity index is 3.41. The van der Waals surface area contributed by atoms with E-state index in [9.17, 15) is 13.8 Å². The Bertz CT molecular complexity index is 381. The lowest BCUT2D eigenvalue weighted by atomic mass is 10.2. The minimum Gasteiger partial charge on any atom is -0.319 e. The third-order valence-electron chi connectivity index (χ3n) is 1.72. The summed E-state index contributed by atoms with van der Waals surface area (Å²) < 4.78 is 24.9. The van der Waals surface area contributed by atoms with E-state index in [-0.39, 0.29) is 10.9 Å². The molecule has 0 saturated heterocycles. The topological polar surface area (TPSA) is 34.1 Å². The molecular formula is C9H10FO2P. The standard InChI is InChI=1S/C9H10FO2P/c1-13(2,12)8-5-3-4-7(6-11)9(8)10/h3-6H,1-2H3. The molecule has 13 heavy (non-hydrogen) atoms. The van der Waals surface area contributed by atoms with Gasteiger partial charge in [-0.05, 0) is 25.5 Å². The molecule has 1 aromatic carbocycles. The maximum atomic E-state index is 13.4. The second-order valence-electron chi connectivity index (χ2n) is 3.15. The van der Waals surface area contributed by atoms with Crippen LogP contribution in [-0.4, -0.2) is 19.6 Å². The van der Waals surface area contributed by atoms with Crippen molar-refractivity contribution in [1.29, 1.82) is 0 Å². The fourth-order valence-corrected chi connectivity index (χ4v) is 2.09. The van der Waals surface area contributed by atoms with Crippen LogP contribution in [0.1, 0.15) is 10.4 Å². The highest BCUT2D eigenvalue weighted by Gasteiger charge is 2.18. The number of carbonyl (C=O) groups is 1.